The van der Waals surface area contributed by atoms with E-state index in [0.29, 0.717) is 5.02 Å². The van der Waals surface area contributed by atoms with Crippen molar-refractivity contribution in [1.29, 1.82) is 0 Å². The van der Waals surface area contributed by atoms with Gasteiger partial charge in [-0.2, -0.15) is 0 Å². The second-order valence-electron chi connectivity index (χ2n) is 5.42. The molecule has 0 saturated carbocycles. The number of nitrogen functional groups attached to an aromatic ring is 1. The molecule has 2 unspecified atom stereocenters. The van der Waals surface area contributed by atoms with Crippen LogP contribution >= 0.6 is 11.6 Å². The summed E-state index contributed by atoms with van der Waals surface area (Å²) >= 11 is 5.75. The molecule has 5 N–H and O–H groups in total. The van der Waals surface area contributed by atoms with Gasteiger partial charge < -0.3 is 26.0 Å². The Morgan fingerprint density at radius 2 is 2.04 bits per heavy atom. The van der Waals surface area contributed by atoms with Crippen LogP contribution in [0, 0.1) is 0 Å². The molecule has 1 aromatic heterocycles. The fourth-order valence-corrected chi connectivity index (χ4v) is 2.32. The molecule has 2 atom stereocenters. The van der Waals surface area contributed by atoms with Crippen LogP contribution in [0.3, 0.4) is 0 Å². The Kier molecular flexibility index (Phi) is 7.00. The van der Waals surface area contributed by atoms with Crippen LogP contribution in [-0.2, 0) is 11.3 Å². The monoisotopic (exact) mass is 365 g/mol. The van der Waals surface area contributed by atoms with Gasteiger partial charge in [0.15, 0.2) is 0 Å². The number of nitrogens with zero attached hydrogens (tertiary/aromatic N) is 1. The van der Waals surface area contributed by atoms with Crippen molar-refractivity contribution in [3.8, 4) is 0 Å². The summed E-state index contributed by atoms with van der Waals surface area (Å²) in [4.78, 5) is 15.5. The maximum absolute atomic E-state index is 11.6. The number of amides is 1. The smallest absolute Gasteiger partial charge is 0.407 e. The minimum atomic E-state index is -1.28. The highest BCUT2D eigenvalue weighted by Crippen LogP contribution is 2.24. The van der Waals surface area contributed by atoms with Crippen molar-refractivity contribution in [1.82, 2.24) is 10.3 Å². The third kappa shape index (κ3) is 5.90. The van der Waals surface area contributed by atoms with Crippen LogP contribution in [0.4, 0.5) is 10.5 Å². The maximum Gasteiger partial charge on any atom is 0.407 e. The summed E-state index contributed by atoms with van der Waals surface area (Å²) in [5.74, 6) is 0. The summed E-state index contributed by atoms with van der Waals surface area (Å²) < 4.78 is 5.05. The number of aliphatic hydroxyl groups is 2. The summed E-state index contributed by atoms with van der Waals surface area (Å²) in [6.07, 6.45) is -1.59. The lowest BCUT2D eigenvalue weighted by molar-refractivity contribution is 0.0116. The fourth-order valence-electron chi connectivity index (χ4n) is 2.15. The van der Waals surface area contributed by atoms with Gasteiger partial charge >= 0.3 is 6.09 Å². The molecule has 134 valence electrons. The molecule has 1 aromatic carbocycles. The highest BCUT2D eigenvalue weighted by molar-refractivity contribution is 6.30. The summed E-state index contributed by atoms with van der Waals surface area (Å²) in [6, 6.07) is 10.7. The number of hydrogen-bond acceptors (Lipinski definition) is 6. The van der Waals surface area contributed by atoms with Crippen molar-refractivity contribution in [2.24, 2.45) is 0 Å². The number of halogens is 1. The summed E-state index contributed by atoms with van der Waals surface area (Å²) in [5.41, 5.74) is 6.93. The van der Waals surface area contributed by atoms with Crippen molar-refractivity contribution >= 4 is 23.4 Å². The first-order valence-corrected chi connectivity index (χ1v) is 8.06. The van der Waals surface area contributed by atoms with Crippen molar-refractivity contribution in [3.05, 3.63) is 58.9 Å². The molecular formula is C17H20ClN3O4. The molecule has 0 radical (unpaired) electrons. The predicted molar refractivity (Wildman–Crippen MR) is 93.9 cm³/mol. The highest BCUT2D eigenvalue weighted by atomic mass is 35.5. The molecule has 8 heteroatoms. The minimum Gasteiger partial charge on any atom is -0.445 e. The first-order chi connectivity index (χ1) is 12.0. The van der Waals surface area contributed by atoms with Gasteiger partial charge in [-0.05, 0) is 18.1 Å². The molecule has 0 bridgehead atoms. The van der Waals surface area contributed by atoms with Gasteiger partial charge in [0.2, 0.25) is 0 Å². The van der Waals surface area contributed by atoms with Gasteiger partial charge in [-0.15, -0.1) is 0 Å². The van der Waals surface area contributed by atoms with Crippen LogP contribution in [0.25, 0.3) is 0 Å². The van der Waals surface area contributed by atoms with Crippen LogP contribution in [0.5, 0.6) is 0 Å². The predicted octanol–water partition coefficient (Wildman–Crippen LogP) is 2.03. The Labute approximate surface area is 150 Å². The lowest BCUT2D eigenvalue weighted by atomic mass is 10.1. The molecule has 1 amide bonds. The molecule has 25 heavy (non-hydrogen) atoms. The lowest BCUT2D eigenvalue weighted by Crippen LogP contribution is -2.30. The zero-order valence-electron chi connectivity index (χ0n) is 13.4. The van der Waals surface area contributed by atoms with Crippen LogP contribution in [0.15, 0.2) is 42.6 Å². The van der Waals surface area contributed by atoms with E-state index in [4.69, 9.17) is 22.1 Å². The summed E-state index contributed by atoms with van der Waals surface area (Å²) in [5, 5.41) is 23.0. The minimum absolute atomic E-state index is 0.103. The van der Waals surface area contributed by atoms with E-state index in [1.807, 2.05) is 30.3 Å². The van der Waals surface area contributed by atoms with Crippen LogP contribution in [-0.4, -0.2) is 33.9 Å². The van der Waals surface area contributed by atoms with Gasteiger partial charge in [0.1, 0.15) is 12.7 Å². The number of hydrogen-bond donors (Lipinski definition) is 4. The average molecular weight is 366 g/mol. The molecular weight excluding hydrogens is 346 g/mol. The van der Waals surface area contributed by atoms with Gasteiger partial charge in [0, 0.05) is 12.7 Å². The maximum atomic E-state index is 11.6. The van der Waals surface area contributed by atoms with E-state index in [2.05, 4.69) is 10.3 Å². The second kappa shape index (κ2) is 9.22. The average Bonchev–Trinajstić information content (AvgIpc) is 2.60. The van der Waals surface area contributed by atoms with Crippen LogP contribution in [0.2, 0.25) is 5.02 Å². The Balaban J connectivity index is 1.74. The third-order valence-corrected chi connectivity index (χ3v) is 3.69. The van der Waals surface area contributed by atoms with Gasteiger partial charge in [0.25, 0.3) is 0 Å². The topological polar surface area (TPSA) is 118 Å². The van der Waals surface area contributed by atoms with Gasteiger partial charge in [-0.3, -0.25) is 4.98 Å². The van der Waals surface area contributed by atoms with Crippen molar-refractivity contribution in [3.63, 3.8) is 0 Å². The van der Waals surface area contributed by atoms with E-state index in [0.717, 1.165) is 5.56 Å². The molecule has 0 spiro atoms. The standard InChI is InChI=1S/C17H20ClN3O4/c18-12-8-13(19)15(21-9-12)16(23)14(22)6-7-20-17(24)25-10-11-4-2-1-3-5-11/h1-5,8-9,14,16,22-23H,6-7,10,19H2,(H,20,24). The van der Waals surface area contributed by atoms with E-state index in [-0.39, 0.29) is 31.0 Å². The number of aliphatic hydroxyl groups excluding tert-OH is 2. The number of ether oxygens (including phenoxy) is 1. The van der Waals surface area contributed by atoms with Gasteiger partial charge in [-0.1, -0.05) is 41.9 Å². The number of aromatic nitrogens is 1. The number of anilines is 1. The molecule has 0 fully saturated rings. The second-order valence-corrected chi connectivity index (χ2v) is 5.85. The molecule has 2 aromatic rings. The number of rotatable bonds is 7. The number of nitrogens with one attached hydrogen (secondary N) is 1. The third-order valence-electron chi connectivity index (χ3n) is 3.48. The molecule has 2 rings (SSSR count). The largest absolute Gasteiger partial charge is 0.445 e. The van der Waals surface area contributed by atoms with E-state index < -0.39 is 18.3 Å². The highest BCUT2D eigenvalue weighted by Gasteiger charge is 2.22. The molecule has 1 heterocycles. The van der Waals surface area contributed by atoms with Crippen LogP contribution < -0.4 is 11.1 Å². The number of carbonyl (C=O) groups excluding carboxylic acids is 1. The number of benzene rings is 1. The number of pyridine rings is 1. The first-order valence-electron chi connectivity index (χ1n) is 7.69. The van der Waals surface area contributed by atoms with Gasteiger partial charge in [0.05, 0.1) is 22.5 Å². The van der Waals surface area contributed by atoms with Gasteiger partial charge in [-0.25, -0.2) is 4.79 Å². The molecule has 0 aliphatic heterocycles. The molecule has 7 nitrogen and oxygen atoms in total. The molecule has 0 saturated heterocycles. The van der Waals surface area contributed by atoms with Crippen molar-refractivity contribution < 1.29 is 19.7 Å². The zero-order chi connectivity index (χ0) is 18.2. The Morgan fingerprint density at radius 1 is 1.32 bits per heavy atom. The van der Waals surface area contributed by atoms with E-state index in [9.17, 15) is 15.0 Å². The van der Waals surface area contributed by atoms with Crippen LogP contribution in [0.1, 0.15) is 23.8 Å². The summed E-state index contributed by atoms with van der Waals surface area (Å²) in [7, 11) is 0. The fraction of sp³-hybridized carbons (Fsp3) is 0.294. The zero-order valence-corrected chi connectivity index (χ0v) is 14.2. The number of alkyl carbamates (subject to hydrolysis) is 1. The number of nitrogens with two attached hydrogens (primary N) is 1. The lowest BCUT2D eigenvalue weighted by Gasteiger charge is -2.19. The SMILES string of the molecule is Nc1cc(Cl)cnc1C(O)C(O)CCNC(=O)OCc1ccccc1. The number of carbonyl (C=O) groups is 1. The van der Waals surface area contributed by atoms with E-state index in [1.54, 1.807) is 0 Å². The normalized spacial score (nSPS) is 13.1. The van der Waals surface area contributed by atoms with Crippen molar-refractivity contribution in [2.75, 3.05) is 12.3 Å². The summed E-state index contributed by atoms with van der Waals surface area (Å²) in [6.45, 7) is 0.280. The van der Waals surface area contributed by atoms with E-state index >= 15 is 0 Å². The van der Waals surface area contributed by atoms with E-state index in [1.165, 1.54) is 12.3 Å². The Bertz CT molecular complexity index is 700. The Hall–Kier alpha value is -2.35. The first kappa shape index (κ1) is 19.0. The quantitative estimate of drug-likeness (QED) is 0.596. The molecule has 0 aliphatic rings. The van der Waals surface area contributed by atoms with Crippen molar-refractivity contribution in [2.45, 2.75) is 25.2 Å². The Morgan fingerprint density at radius 3 is 2.72 bits per heavy atom. The molecule has 0 aliphatic carbocycles.